The van der Waals surface area contributed by atoms with Crippen LogP contribution in [0.1, 0.15) is 18.5 Å². The number of hydrogen-bond donors (Lipinski definition) is 1. The molecule has 0 saturated heterocycles. The second-order valence-corrected chi connectivity index (χ2v) is 7.30. The van der Waals surface area contributed by atoms with Crippen LogP contribution < -0.4 is 4.72 Å². The molecule has 0 unspecified atom stereocenters. The van der Waals surface area contributed by atoms with Crippen LogP contribution in [-0.4, -0.2) is 8.42 Å². The summed E-state index contributed by atoms with van der Waals surface area (Å²) in [4.78, 5) is 0.223. The zero-order valence-electron chi connectivity index (χ0n) is 10.7. The van der Waals surface area contributed by atoms with E-state index in [0.717, 1.165) is 5.56 Å². The third kappa shape index (κ3) is 3.61. The maximum Gasteiger partial charge on any atom is 0.242 e. The fourth-order valence-corrected chi connectivity index (χ4v) is 4.14. The molecule has 0 saturated carbocycles. The van der Waals surface area contributed by atoms with Crippen LogP contribution >= 0.6 is 27.5 Å². The largest absolute Gasteiger partial charge is 0.242 e. The minimum absolute atomic E-state index is 0.223. The Hall–Kier alpha value is -0.880. The van der Waals surface area contributed by atoms with E-state index in [1.165, 1.54) is 0 Å². The van der Waals surface area contributed by atoms with Gasteiger partial charge < -0.3 is 0 Å². The third-order valence-electron chi connectivity index (χ3n) is 2.83. The molecule has 1 N–H and O–H groups in total. The van der Waals surface area contributed by atoms with Crippen molar-refractivity contribution in [2.24, 2.45) is 0 Å². The number of halogens is 2. The number of rotatable bonds is 4. The molecule has 2 aromatic rings. The molecule has 20 heavy (non-hydrogen) atoms. The van der Waals surface area contributed by atoms with E-state index in [-0.39, 0.29) is 10.9 Å². The first kappa shape index (κ1) is 15.5. The number of benzene rings is 2. The molecule has 2 aromatic carbocycles. The minimum Gasteiger partial charge on any atom is -0.207 e. The van der Waals surface area contributed by atoms with E-state index in [0.29, 0.717) is 9.50 Å². The highest BCUT2D eigenvalue weighted by Gasteiger charge is 2.20. The molecule has 2 rings (SSSR count). The van der Waals surface area contributed by atoms with Crippen LogP contribution in [0.3, 0.4) is 0 Å². The predicted molar refractivity (Wildman–Crippen MR) is 84.3 cm³/mol. The number of sulfonamides is 1. The summed E-state index contributed by atoms with van der Waals surface area (Å²) in [5.41, 5.74) is 0.852. The fraction of sp³-hybridized carbons (Fsp3) is 0.143. The van der Waals surface area contributed by atoms with Gasteiger partial charge in [-0.15, -0.1) is 0 Å². The molecule has 0 radical (unpaired) electrons. The van der Waals surface area contributed by atoms with Gasteiger partial charge in [0, 0.05) is 15.5 Å². The monoisotopic (exact) mass is 373 g/mol. The van der Waals surface area contributed by atoms with E-state index < -0.39 is 10.0 Å². The van der Waals surface area contributed by atoms with Crippen molar-refractivity contribution in [3.63, 3.8) is 0 Å². The van der Waals surface area contributed by atoms with Crippen molar-refractivity contribution >= 4 is 37.6 Å². The van der Waals surface area contributed by atoms with E-state index in [1.807, 2.05) is 0 Å². The second-order valence-electron chi connectivity index (χ2n) is 4.32. The Morgan fingerprint density at radius 1 is 1.10 bits per heavy atom. The first-order valence-corrected chi connectivity index (χ1v) is 8.58. The van der Waals surface area contributed by atoms with Crippen molar-refractivity contribution in [3.05, 3.63) is 63.6 Å². The van der Waals surface area contributed by atoms with Gasteiger partial charge in [0.25, 0.3) is 0 Å². The van der Waals surface area contributed by atoms with Gasteiger partial charge in [0.15, 0.2) is 0 Å². The molecular formula is C14H13BrClNO2S. The normalized spacial score (nSPS) is 13.2. The lowest BCUT2D eigenvalue weighted by molar-refractivity contribution is 0.566. The van der Waals surface area contributed by atoms with Crippen molar-refractivity contribution in [2.75, 3.05) is 0 Å². The SMILES string of the molecule is C[C@H](NS(=O)(=O)c1ccccc1Br)c1ccc(Cl)cc1. The van der Waals surface area contributed by atoms with Crippen molar-refractivity contribution in [2.45, 2.75) is 17.9 Å². The zero-order chi connectivity index (χ0) is 14.8. The molecule has 0 aliphatic rings. The van der Waals surface area contributed by atoms with E-state index in [1.54, 1.807) is 55.5 Å². The Kier molecular flexibility index (Phi) is 4.86. The van der Waals surface area contributed by atoms with Gasteiger partial charge in [0.1, 0.15) is 0 Å². The van der Waals surface area contributed by atoms with Crippen molar-refractivity contribution in [1.29, 1.82) is 0 Å². The summed E-state index contributed by atoms with van der Waals surface area (Å²) >= 11 is 9.07. The fourth-order valence-electron chi connectivity index (χ4n) is 1.78. The number of hydrogen-bond acceptors (Lipinski definition) is 2. The van der Waals surface area contributed by atoms with Crippen molar-refractivity contribution in [1.82, 2.24) is 4.72 Å². The van der Waals surface area contributed by atoms with E-state index in [4.69, 9.17) is 11.6 Å². The van der Waals surface area contributed by atoms with Crippen LogP contribution in [0.15, 0.2) is 57.9 Å². The van der Waals surface area contributed by atoms with Gasteiger partial charge in [-0.1, -0.05) is 35.9 Å². The summed E-state index contributed by atoms with van der Waals surface area (Å²) in [5, 5.41) is 0.620. The topological polar surface area (TPSA) is 46.2 Å². The standard InChI is InChI=1S/C14H13BrClNO2S/c1-10(11-6-8-12(16)9-7-11)17-20(18,19)14-5-3-2-4-13(14)15/h2-10,17H,1H3/t10-/m0/s1. The molecule has 0 aliphatic heterocycles. The summed E-state index contributed by atoms with van der Waals surface area (Å²) in [6, 6.07) is 13.4. The summed E-state index contributed by atoms with van der Waals surface area (Å²) < 4.78 is 27.9. The lowest BCUT2D eigenvalue weighted by Gasteiger charge is -2.15. The molecular weight excluding hydrogens is 362 g/mol. The molecule has 0 spiro atoms. The predicted octanol–water partition coefficient (Wildman–Crippen LogP) is 4.14. The Bertz CT molecular complexity index is 701. The van der Waals surface area contributed by atoms with Crippen LogP contribution in [0, 0.1) is 0 Å². The second kappa shape index (κ2) is 6.26. The molecule has 3 nitrogen and oxygen atoms in total. The molecule has 106 valence electrons. The maximum atomic E-state index is 12.3. The van der Waals surface area contributed by atoms with Gasteiger partial charge in [0.2, 0.25) is 10.0 Å². The number of nitrogens with one attached hydrogen (secondary N) is 1. The summed E-state index contributed by atoms with van der Waals surface area (Å²) in [7, 11) is -3.58. The van der Waals surface area contributed by atoms with Crippen LogP contribution in [0.25, 0.3) is 0 Å². The highest BCUT2D eigenvalue weighted by Crippen LogP contribution is 2.24. The Morgan fingerprint density at radius 2 is 1.70 bits per heavy atom. The average molecular weight is 375 g/mol. The van der Waals surface area contributed by atoms with Gasteiger partial charge >= 0.3 is 0 Å². The highest BCUT2D eigenvalue weighted by molar-refractivity contribution is 9.10. The van der Waals surface area contributed by atoms with Crippen molar-refractivity contribution < 1.29 is 8.42 Å². The minimum atomic E-state index is -3.58. The first-order valence-electron chi connectivity index (χ1n) is 5.92. The van der Waals surface area contributed by atoms with Gasteiger partial charge in [-0.2, -0.15) is 0 Å². The smallest absolute Gasteiger partial charge is 0.207 e. The van der Waals surface area contributed by atoms with Crippen molar-refractivity contribution in [3.8, 4) is 0 Å². The molecule has 0 aromatic heterocycles. The summed E-state index contributed by atoms with van der Waals surface area (Å²) in [5.74, 6) is 0. The summed E-state index contributed by atoms with van der Waals surface area (Å²) in [6.45, 7) is 1.79. The van der Waals surface area contributed by atoms with Crippen LogP contribution in [0.4, 0.5) is 0 Å². The molecule has 6 heteroatoms. The Morgan fingerprint density at radius 3 is 2.30 bits per heavy atom. The van der Waals surface area contributed by atoms with E-state index >= 15 is 0 Å². The Labute approximate surface area is 132 Å². The van der Waals surface area contributed by atoms with Gasteiger partial charge in [0.05, 0.1) is 4.90 Å². The van der Waals surface area contributed by atoms with Crippen LogP contribution in [0.5, 0.6) is 0 Å². The van der Waals surface area contributed by atoms with E-state index in [2.05, 4.69) is 20.7 Å². The quantitative estimate of drug-likeness (QED) is 0.874. The highest BCUT2D eigenvalue weighted by atomic mass is 79.9. The zero-order valence-corrected chi connectivity index (χ0v) is 13.8. The molecule has 0 amide bonds. The lowest BCUT2D eigenvalue weighted by Crippen LogP contribution is -2.27. The maximum absolute atomic E-state index is 12.3. The van der Waals surface area contributed by atoms with Crippen LogP contribution in [-0.2, 0) is 10.0 Å². The van der Waals surface area contributed by atoms with Gasteiger partial charge in [-0.25, -0.2) is 13.1 Å². The van der Waals surface area contributed by atoms with Gasteiger partial charge in [-0.05, 0) is 52.7 Å². The average Bonchev–Trinajstić information content (AvgIpc) is 2.39. The lowest BCUT2D eigenvalue weighted by atomic mass is 10.1. The molecule has 1 atom stereocenters. The molecule has 0 bridgehead atoms. The van der Waals surface area contributed by atoms with E-state index in [9.17, 15) is 8.42 Å². The third-order valence-corrected chi connectivity index (χ3v) is 5.63. The molecule has 0 heterocycles. The first-order chi connectivity index (χ1) is 9.40. The summed E-state index contributed by atoms with van der Waals surface area (Å²) in [6.07, 6.45) is 0. The molecule has 0 fully saturated rings. The molecule has 0 aliphatic carbocycles. The Balaban J connectivity index is 2.24. The van der Waals surface area contributed by atoms with Crippen LogP contribution in [0.2, 0.25) is 5.02 Å². The van der Waals surface area contributed by atoms with Gasteiger partial charge in [-0.3, -0.25) is 0 Å².